The molecule has 3 amide bonds. The van der Waals surface area contributed by atoms with E-state index >= 15 is 0 Å². The molecule has 0 saturated carbocycles. The summed E-state index contributed by atoms with van der Waals surface area (Å²) in [5, 5.41) is 35.7. The fourth-order valence-electron chi connectivity index (χ4n) is 4.25. The Morgan fingerprint density at radius 2 is 1.40 bits per heavy atom. The van der Waals surface area contributed by atoms with Crippen molar-refractivity contribution in [3.05, 3.63) is 54.5 Å². The van der Waals surface area contributed by atoms with Crippen LogP contribution in [0.1, 0.15) is 76.3 Å². The van der Waals surface area contributed by atoms with Crippen LogP contribution in [0.4, 0.5) is 4.79 Å². The zero-order valence-electron chi connectivity index (χ0n) is 26.2. The Kier molecular flexibility index (Phi) is 18.5. The molecular weight excluding hydrogens is 616 g/mol. The van der Waals surface area contributed by atoms with Crippen LogP contribution in [-0.4, -0.2) is 85.6 Å². The molecule has 0 fully saturated rings. The van der Waals surface area contributed by atoms with Crippen molar-refractivity contribution in [1.29, 1.82) is 0 Å². The van der Waals surface area contributed by atoms with Crippen LogP contribution in [0.25, 0.3) is 0 Å². The first-order valence-electron chi connectivity index (χ1n) is 15.5. The second kappa shape index (κ2) is 22.6. The molecule has 16 heteroatoms. The first-order chi connectivity index (χ1) is 22.6. The zero-order valence-corrected chi connectivity index (χ0v) is 26.2. The number of aliphatic carboxylic acids is 3. The SMILES string of the molecule is O=C(O)CC[C@H](NC(=O)N[C@H](CCCCNC(=O)CCCCCCCON(Cc1ccccn1)Oc1ccccn1)C(=O)O)C(=O)O. The van der Waals surface area contributed by atoms with Gasteiger partial charge in [0, 0.05) is 37.8 Å². The van der Waals surface area contributed by atoms with E-state index in [0.29, 0.717) is 44.8 Å². The molecule has 2 rings (SSSR count). The standard InChI is InChI=1S/C31H44N6O10/c38-26(33-19-9-6-13-24(29(41)42)35-31(45)36-25(30(43)44)16-17-28(39)40)14-4-2-1-3-11-21-46-37(22-23-12-5-8-18-32-23)47-27-15-7-10-20-34-27/h5,7-8,10,12,15,18,20,24-25H,1-4,6,9,11,13-14,16-17,19,21-22H2,(H,33,38)(H,39,40)(H,41,42)(H,43,44)(H2,35,36,45)/t24-,25+/m1/s1. The highest BCUT2D eigenvalue weighted by atomic mass is 16.9. The van der Waals surface area contributed by atoms with Gasteiger partial charge in [-0.3, -0.25) is 19.4 Å². The van der Waals surface area contributed by atoms with Gasteiger partial charge in [0.1, 0.15) is 18.6 Å². The minimum Gasteiger partial charge on any atom is -0.481 e. The van der Waals surface area contributed by atoms with Gasteiger partial charge in [-0.1, -0.05) is 31.4 Å². The lowest BCUT2D eigenvalue weighted by Gasteiger charge is -2.20. The molecule has 2 atom stereocenters. The number of pyridine rings is 2. The van der Waals surface area contributed by atoms with Gasteiger partial charge < -0.3 is 36.1 Å². The quantitative estimate of drug-likeness (QED) is 0.0665. The highest BCUT2D eigenvalue weighted by Crippen LogP contribution is 2.12. The molecule has 258 valence electrons. The van der Waals surface area contributed by atoms with Crippen molar-refractivity contribution >= 4 is 29.8 Å². The summed E-state index contributed by atoms with van der Waals surface area (Å²) in [6.07, 6.45) is 8.07. The number of urea groups is 1. The summed E-state index contributed by atoms with van der Waals surface area (Å²) in [7, 11) is 0. The van der Waals surface area contributed by atoms with E-state index in [1.54, 1.807) is 24.5 Å². The number of hydrogen-bond donors (Lipinski definition) is 6. The van der Waals surface area contributed by atoms with E-state index in [9.17, 15) is 29.1 Å². The zero-order chi connectivity index (χ0) is 34.3. The summed E-state index contributed by atoms with van der Waals surface area (Å²) in [5.74, 6) is -3.64. The van der Waals surface area contributed by atoms with E-state index < -0.39 is 42.4 Å². The summed E-state index contributed by atoms with van der Waals surface area (Å²) in [4.78, 5) is 77.6. The van der Waals surface area contributed by atoms with E-state index in [0.717, 1.165) is 37.8 Å². The summed E-state index contributed by atoms with van der Waals surface area (Å²) in [6.45, 7) is 1.12. The van der Waals surface area contributed by atoms with Gasteiger partial charge in [-0.2, -0.15) is 0 Å². The number of hydroxylamine groups is 2. The highest BCUT2D eigenvalue weighted by molar-refractivity contribution is 5.86. The van der Waals surface area contributed by atoms with Crippen molar-refractivity contribution in [2.45, 2.75) is 89.3 Å². The molecule has 0 aliphatic heterocycles. The molecule has 0 radical (unpaired) electrons. The predicted molar refractivity (Wildman–Crippen MR) is 167 cm³/mol. The molecule has 6 N–H and O–H groups in total. The number of aromatic nitrogens is 2. The molecular formula is C31H44N6O10. The summed E-state index contributed by atoms with van der Waals surface area (Å²) in [6, 6.07) is 7.18. The second-order valence-electron chi connectivity index (χ2n) is 10.6. The molecule has 0 aliphatic rings. The number of nitrogens with one attached hydrogen (secondary N) is 3. The number of rotatable bonds is 25. The lowest BCUT2D eigenvalue weighted by molar-refractivity contribution is -0.327. The van der Waals surface area contributed by atoms with Gasteiger partial charge in [0.25, 0.3) is 0 Å². The van der Waals surface area contributed by atoms with E-state index in [4.69, 9.17) is 19.9 Å². The van der Waals surface area contributed by atoms with Gasteiger partial charge in [-0.05, 0) is 62.0 Å². The number of carboxylic acid groups (broad SMARTS) is 3. The molecule has 16 nitrogen and oxygen atoms in total. The third-order valence-electron chi connectivity index (χ3n) is 6.73. The highest BCUT2D eigenvalue weighted by Gasteiger charge is 2.24. The largest absolute Gasteiger partial charge is 0.481 e. The number of carbonyl (C=O) groups is 5. The Labute approximate surface area is 272 Å². The smallest absolute Gasteiger partial charge is 0.326 e. The average molecular weight is 661 g/mol. The summed E-state index contributed by atoms with van der Waals surface area (Å²) in [5.41, 5.74) is 0.785. The number of carbonyl (C=O) groups excluding carboxylic acids is 2. The van der Waals surface area contributed by atoms with E-state index in [-0.39, 0.29) is 18.7 Å². The third-order valence-corrected chi connectivity index (χ3v) is 6.73. The van der Waals surface area contributed by atoms with Gasteiger partial charge in [0.2, 0.25) is 11.8 Å². The molecule has 0 unspecified atom stereocenters. The number of hydrogen-bond acceptors (Lipinski definition) is 10. The lowest BCUT2D eigenvalue weighted by atomic mass is 10.1. The Morgan fingerprint density at radius 3 is 2.04 bits per heavy atom. The number of nitrogens with zero attached hydrogens (tertiary/aromatic N) is 3. The van der Waals surface area contributed by atoms with Crippen molar-refractivity contribution < 1.29 is 49.0 Å². The maximum atomic E-state index is 12.2. The summed E-state index contributed by atoms with van der Waals surface area (Å²) >= 11 is 0. The van der Waals surface area contributed by atoms with Crippen molar-refractivity contribution in [1.82, 2.24) is 31.1 Å². The van der Waals surface area contributed by atoms with Crippen LogP contribution in [0.5, 0.6) is 5.88 Å². The first kappa shape index (κ1) is 38.4. The summed E-state index contributed by atoms with van der Waals surface area (Å²) < 4.78 is 0. The fraction of sp³-hybridized carbons (Fsp3) is 0.516. The molecule has 2 aromatic rings. The molecule has 0 saturated heterocycles. The molecule has 0 aliphatic carbocycles. The van der Waals surface area contributed by atoms with E-state index in [1.807, 2.05) is 24.3 Å². The molecule has 2 heterocycles. The van der Waals surface area contributed by atoms with Crippen molar-refractivity contribution in [3.8, 4) is 5.88 Å². The van der Waals surface area contributed by atoms with Gasteiger partial charge in [-0.15, -0.1) is 0 Å². The van der Waals surface area contributed by atoms with Gasteiger partial charge >= 0.3 is 23.9 Å². The minimum atomic E-state index is -1.47. The molecule has 47 heavy (non-hydrogen) atoms. The monoisotopic (exact) mass is 660 g/mol. The van der Waals surface area contributed by atoms with Crippen LogP contribution in [0.3, 0.4) is 0 Å². The number of carboxylic acids is 3. The second-order valence-corrected chi connectivity index (χ2v) is 10.6. The molecule has 0 spiro atoms. The molecule has 2 aromatic heterocycles. The maximum absolute atomic E-state index is 12.2. The van der Waals surface area contributed by atoms with Crippen LogP contribution in [0.2, 0.25) is 0 Å². The topological polar surface area (TPSA) is 230 Å². The Bertz CT molecular complexity index is 1200. The van der Waals surface area contributed by atoms with Crippen LogP contribution < -0.4 is 20.8 Å². The maximum Gasteiger partial charge on any atom is 0.326 e. The average Bonchev–Trinajstić information content (AvgIpc) is 3.04. The normalized spacial score (nSPS) is 12.1. The Morgan fingerprint density at radius 1 is 0.745 bits per heavy atom. The molecule has 0 bridgehead atoms. The lowest BCUT2D eigenvalue weighted by Crippen LogP contribution is -2.51. The number of amides is 3. The van der Waals surface area contributed by atoms with Crippen LogP contribution >= 0.6 is 0 Å². The van der Waals surface area contributed by atoms with Crippen molar-refractivity contribution in [2.24, 2.45) is 0 Å². The molecule has 0 aromatic carbocycles. The van der Waals surface area contributed by atoms with Crippen LogP contribution in [-0.2, 0) is 30.6 Å². The first-order valence-corrected chi connectivity index (χ1v) is 15.5. The van der Waals surface area contributed by atoms with Gasteiger partial charge in [0.05, 0.1) is 12.3 Å². The third kappa shape index (κ3) is 18.0. The Balaban J connectivity index is 1.54. The van der Waals surface area contributed by atoms with Gasteiger partial charge in [-0.25, -0.2) is 19.4 Å². The predicted octanol–water partition coefficient (Wildman–Crippen LogP) is 2.90. The van der Waals surface area contributed by atoms with Crippen molar-refractivity contribution in [3.63, 3.8) is 0 Å². The van der Waals surface area contributed by atoms with E-state index in [2.05, 4.69) is 25.9 Å². The van der Waals surface area contributed by atoms with Crippen LogP contribution in [0.15, 0.2) is 48.8 Å². The van der Waals surface area contributed by atoms with Crippen LogP contribution in [0, 0.1) is 0 Å². The van der Waals surface area contributed by atoms with Crippen molar-refractivity contribution in [2.75, 3.05) is 13.2 Å². The fourth-order valence-corrected chi connectivity index (χ4v) is 4.25. The minimum absolute atomic E-state index is 0.0609. The Hall–Kier alpha value is -4.83. The van der Waals surface area contributed by atoms with E-state index in [1.165, 1.54) is 5.23 Å². The number of unbranched alkanes of at least 4 members (excludes halogenated alkanes) is 5. The van der Waals surface area contributed by atoms with Gasteiger partial charge in [0.15, 0.2) is 0 Å².